The number of aliphatic hydroxyl groups is 1. The molecule has 0 aliphatic carbocycles. The summed E-state index contributed by atoms with van der Waals surface area (Å²) in [6.45, 7) is 3.58. The number of aliphatic hydroxyl groups excluding tert-OH is 1. The number of sulfonamides is 1. The minimum absolute atomic E-state index is 0.138. The molecule has 0 heterocycles. The van der Waals surface area contributed by atoms with Crippen molar-refractivity contribution in [2.24, 2.45) is 5.92 Å². The van der Waals surface area contributed by atoms with Crippen LogP contribution in [0.25, 0.3) is 0 Å². The Balaban J connectivity index is 3.14. The monoisotopic (exact) mass is 306 g/mol. The molecule has 0 amide bonds. The Morgan fingerprint density at radius 1 is 1.43 bits per heavy atom. The predicted molar refractivity (Wildman–Crippen MR) is 79.6 cm³/mol. The Morgan fingerprint density at radius 3 is 2.71 bits per heavy atom. The second kappa shape index (κ2) is 7.80. The zero-order valence-electron chi connectivity index (χ0n) is 12.1. The van der Waals surface area contributed by atoms with E-state index in [2.05, 4.69) is 11.8 Å². The summed E-state index contributed by atoms with van der Waals surface area (Å²) in [6, 6.07) is 8.29. The van der Waals surface area contributed by atoms with E-state index in [1.807, 2.05) is 6.07 Å². The molecule has 6 heteroatoms. The van der Waals surface area contributed by atoms with Gasteiger partial charge in [-0.05, 0) is 25.1 Å². The van der Waals surface area contributed by atoms with E-state index in [0.29, 0.717) is 12.1 Å². The van der Waals surface area contributed by atoms with Crippen LogP contribution >= 0.6 is 0 Å². The largest absolute Gasteiger partial charge is 0.384 e. The van der Waals surface area contributed by atoms with Gasteiger partial charge in [-0.25, -0.2) is 8.42 Å². The molecule has 1 aromatic carbocycles. The number of hydrogen-bond donors (Lipinski definition) is 1. The Morgan fingerprint density at radius 2 is 2.14 bits per heavy atom. The van der Waals surface area contributed by atoms with Gasteiger partial charge in [0.05, 0.1) is 16.9 Å². The van der Waals surface area contributed by atoms with Crippen molar-refractivity contribution >= 4 is 10.0 Å². The van der Waals surface area contributed by atoms with Crippen molar-refractivity contribution in [3.8, 4) is 17.9 Å². The summed E-state index contributed by atoms with van der Waals surface area (Å²) in [5, 5.41) is 17.5. The first kappa shape index (κ1) is 17.2. The van der Waals surface area contributed by atoms with Gasteiger partial charge < -0.3 is 5.11 Å². The molecule has 1 atom stereocenters. The maximum atomic E-state index is 12.6. The fourth-order valence-corrected chi connectivity index (χ4v) is 3.35. The Labute approximate surface area is 125 Å². The molecule has 0 radical (unpaired) electrons. The highest BCUT2D eigenvalue weighted by atomic mass is 32.2. The average Bonchev–Trinajstić information content (AvgIpc) is 2.50. The Kier molecular flexibility index (Phi) is 6.39. The van der Waals surface area contributed by atoms with Crippen LogP contribution in [-0.4, -0.2) is 37.5 Å². The van der Waals surface area contributed by atoms with Crippen LogP contribution in [-0.2, 0) is 10.0 Å². The molecule has 112 valence electrons. The summed E-state index contributed by atoms with van der Waals surface area (Å²) in [6.07, 6.45) is 0. The summed E-state index contributed by atoms with van der Waals surface area (Å²) in [5.74, 6) is 4.78. The first-order valence-corrected chi connectivity index (χ1v) is 7.99. The average molecular weight is 306 g/mol. The van der Waals surface area contributed by atoms with Gasteiger partial charge in [-0.2, -0.15) is 9.57 Å². The van der Waals surface area contributed by atoms with Crippen LogP contribution in [0.15, 0.2) is 29.2 Å². The number of nitrogens with zero attached hydrogens (tertiary/aromatic N) is 2. The summed E-state index contributed by atoms with van der Waals surface area (Å²) in [4.78, 5) is 0.138. The van der Waals surface area contributed by atoms with E-state index in [0.717, 1.165) is 0 Å². The van der Waals surface area contributed by atoms with Gasteiger partial charge in [0.25, 0.3) is 0 Å². The van der Waals surface area contributed by atoms with Gasteiger partial charge in [0, 0.05) is 18.7 Å². The molecule has 0 saturated heterocycles. The second-order valence-electron chi connectivity index (χ2n) is 4.47. The standard InChI is InChI=1S/C15H18N2O3S/c1-3-17(12-13(2)11-16)21(19,20)15-8-4-6-14(10-15)7-5-9-18/h4,6,8,10,13,18H,3,9,12H2,1-2H3. The molecule has 0 aliphatic heterocycles. The third kappa shape index (κ3) is 4.57. The quantitative estimate of drug-likeness (QED) is 0.829. The van der Waals surface area contributed by atoms with Crippen molar-refractivity contribution in [2.75, 3.05) is 19.7 Å². The molecule has 21 heavy (non-hydrogen) atoms. The van der Waals surface area contributed by atoms with Crippen LogP contribution in [0.3, 0.4) is 0 Å². The topological polar surface area (TPSA) is 81.4 Å². The molecular formula is C15H18N2O3S. The maximum absolute atomic E-state index is 12.6. The van der Waals surface area contributed by atoms with Gasteiger partial charge in [-0.3, -0.25) is 0 Å². The zero-order valence-corrected chi connectivity index (χ0v) is 12.9. The minimum Gasteiger partial charge on any atom is -0.384 e. The van der Waals surface area contributed by atoms with E-state index in [-0.39, 0.29) is 24.0 Å². The van der Waals surface area contributed by atoms with Gasteiger partial charge in [0.2, 0.25) is 10.0 Å². The van der Waals surface area contributed by atoms with Gasteiger partial charge in [0.1, 0.15) is 6.61 Å². The van der Waals surface area contributed by atoms with Crippen molar-refractivity contribution in [2.45, 2.75) is 18.7 Å². The third-order valence-corrected chi connectivity index (χ3v) is 4.77. The summed E-state index contributed by atoms with van der Waals surface area (Å²) in [7, 11) is -3.65. The van der Waals surface area contributed by atoms with Crippen molar-refractivity contribution in [1.82, 2.24) is 4.31 Å². The van der Waals surface area contributed by atoms with Crippen LogP contribution < -0.4 is 0 Å². The van der Waals surface area contributed by atoms with Crippen LogP contribution in [0.2, 0.25) is 0 Å². The van der Waals surface area contributed by atoms with Crippen molar-refractivity contribution in [1.29, 1.82) is 5.26 Å². The fraction of sp³-hybridized carbons (Fsp3) is 0.400. The lowest BCUT2D eigenvalue weighted by Crippen LogP contribution is -2.34. The fourth-order valence-electron chi connectivity index (χ4n) is 1.77. The van der Waals surface area contributed by atoms with Gasteiger partial charge in [0.15, 0.2) is 0 Å². The van der Waals surface area contributed by atoms with Crippen molar-refractivity contribution in [3.63, 3.8) is 0 Å². The number of benzene rings is 1. The summed E-state index contributed by atoms with van der Waals surface area (Å²) < 4.78 is 26.4. The molecule has 0 aromatic heterocycles. The van der Waals surface area contributed by atoms with Crippen molar-refractivity contribution < 1.29 is 13.5 Å². The van der Waals surface area contributed by atoms with E-state index in [1.165, 1.54) is 16.4 Å². The lowest BCUT2D eigenvalue weighted by molar-refractivity contribution is 0.350. The van der Waals surface area contributed by atoms with E-state index in [4.69, 9.17) is 10.4 Å². The number of nitriles is 1. The lowest BCUT2D eigenvalue weighted by Gasteiger charge is -2.21. The van der Waals surface area contributed by atoms with E-state index in [9.17, 15) is 8.42 Å². The normalized spacial score (nSPS) is 12.3. The zero-order chi connectivity index (χ0) is 15.9. The first-order chi connectivity index (χ1) is 9.95. The smallest absolute Gasteiger partial charge is 0.243 e. The summed E-state index contributed by atoms with van der Waals surface area (Å²) >= 11 is 0. The molecule has 1 rings (SSSR count). The molecule has 0 saturated carbocycles. The molecule has 0 spiro atoms. The highest BCUT2D eigenvalue weighted by Gasteiger charge is 2.24. The van der Waals surface area contributed by atoms with Gasteiger partial charge >= 0.3 is 0 Å². The van der Waals surface area contributed by atoms with Crippen molar-refractivity contribution in [3.05, 3.63) is 29.8 Å². The molecule has 0 bridgehead atoms. The molecule has 1 unspecified atom stereocenters. The number of rotatable bonds is 5. The van der Waals surface area contributed by atoms with Crippen LogP contribution in [0, 0.1) is 29.1 Å². The van der Waals surface area contributed by atoms with E-state index in [1.54, 1.807) is 26.0 Å². The van der Waals surface area contributed by atoms with Crippen LogP contribution in [0.4, 0.5) is 0 Å². The lowest BCUT2D eigenvalue weighted by atomic mass is 10.2. The minimum atomic E-state index is -3.65. The molecule has 1 N–H and O–H groups in total. The molecule has 5 nitrogen and oxygen atoms in total. The Hall–Kier alpha value is -1.86. The van der Waals surface area contributed by atoms with Gasteiger partial charge in [-0.15, -0.1) is 0 Å². The molecule has 0 aliphatic rings. The van der Waals surface area contributed by atoms with Crippen LogP contribution in [0.1, 0.15) is 19.4 Å². The summed E-state index contributed by atoms with van der Waals surface area (Å²) in [5.41, 5.74) is 0.523. The first-order valence-electron chi connectivity index (χ1n) is 6.55. The highest BCUT2D eigenvalue weighted by Crippen LogP contribution is 2.18. The number of hydrogen-bond acceptors (Lipinski definition) is 4. The SMILES string of the molecule is CCN(CC(C)C#N)S(=O)(=O)c1cccc(C#CCO)c1. The van der Waals surface area contributed by atoms with Crippen LogP contribution in [0.5, 0.6) is 0 Å². The molecule has 0 fully saturated rings. The second-order valence-corrected chi connectivity index (χ2v) is 6.41. The van der Waals surface area contributed by atoms with Gasteiger partial charge in [-0.1, -0.05) is 24.8 Å². The van der Waals surface area contributed by atoms with E-state index >= 15 is 0 Å². The predicted octanol–water partition coefficient (Wildman–Crippen LogP) is 1.20. The maximum Gasteiger partial charge on any atom is 0.243 e. The highest BCUT2D eigenvalue weighted by molar-refractivity contribution is 7.89. The molecular weight excluding hydrogens is 288 g/mol. The van der Waals surface area contributed by atoms with E-state index < -0.39 is 10.0 Å². The third-order valence-electron chi connectivity index (χ3n) is 2.83. The Bertz CT molecular complexity index is 681. The molecule has 1 aromatic rings.